The van der Waals surface area contributed by atoms with Crippen molar-refractivity contribution < 1.29 is 14.4 Å². The summed E-state index contributed by atoms with van der Waals surface area (Å²) in [6.07, 6.45) is 7.93. The molecular formula is C32H29N3O3. The van der Waals surface area contributed by atoms with Crippen LogP contribution in [0.2, 0.25) is 0 Å². The summed E-state index contributed by atoms with van der Waals surface area (Å²) in [6.45, 7) is 3.93. The lowest BCUT2D eigenvalue weighted by molar-refractivity contribution is -0.140. The van der Waals surface area contributed by atoms with Crippen LogP contribution in [0.4, 0.5) is 0 Å². The second-order valence-electron chi connectivity index (χ2n) is 10.9. The van der Waals surface area contributed by atoms with E-state index in [0.29, 0.717) is 18.8 Å². The molecule has 2 fully saturated rings. The fraction of sp³-hybridized carbons (Fsp3) is 0.281. The van der Waals surface area contributed by atoms with Crippen LogP contribution in [0.25, 0.3) is 33.2 Å². The molecule has 0 amide bonds. The van der Waals surface area contributed by atoms with Gasteiger partial charge in [0.15, 0.2) is 0 Å². The number of carboxylic acids is 1. The molecule has 6 heteroatoms. The maximum absolute atomic E-state index is 11.9. The molecule has 0 spiro atoms. The first-order valence-electron chi connectivity index (χ1n) is 13.3. The number of aromatic nitrogens is 3. The van der Waals surface area contributed by atoms with Crippen molar-refractivity contribution in [2.24, 2.45) is 5.92 Å². The molecule has 3 heterocycles. The molecule has 0 radical (unpaired) electrons. The summed E-state index contributed by atoms with van der Waals surface area (Å²) in [5.41, 5.74) is 7.64. The van der Waals surface area contributed by atoms with Gasteiger partial charge >= 0.3 is 5.97 Å². The summed E-state index contributed by atoms with van der Waals surface area (Å²) in [5.74, 6) is 0.631. The van der Waals surface area contributed by atoms with Crippen molar-refractivity contribution in [3.05, 3.63) is 95.8 Å². The number of benzene rings is 2. The minimum Gasteiger partial charge on any atom is -0.481 e. The van der Waals surface area contributed by atoms with Crippen molar-refractivity contribution >= 4 is 16.9 Å². The Balaban J connectivity index is 1.41. The maximum atomic E-state index is 11.9. The second-order valence-corrected chi connectivity index (χ2v) is 10.9. The number of nitrogens with zero attached hydrogens (tertiary/aromatic N) is 3. The van der Waals surface area contributed by atoms with E-state index in [4.69, 9.17) is 9.51 Å². The van der Waals surface area contributed by atoms with Crippen LogP contribution in [0.15, 0.2) is 77.6 Å². The van der Waals surface area contributed by atoms with Crippen LogP contribution >= 0.6 is 0 Å². The molecule has 3 aromatic heterocycles. The molecule has 7 rings (SSSR count). The minimum absolute atomic E-state index is 0.147. The van der Waals surface area contributed by atoms with Gasteiger partial charge in [0.25, 0.3) is 0 Å². The summed E-state index contributed by atoms with van der Waals surface area (Å²) >= 11 is 0. The number of carboxylic acid groups (broad SMARTS) is 1. The predicted molar refractivity (Wildman–Crippen MR) is 146 cm³/mol. The summed E-state index contributed by atoms with van der Waals surface area (Å²) in [4.78, 5) is 16.6. The highest BCUT2D eigenvalue weighted by atomic mass is 16.5. The van der Waals surface area contributed by atoms with Gasteiger partial charge in [-0.25, -0.2) is 0 Å². The van der Waals surface area contributed by atoms with Crippen molar-refractivity contribution in [3.8, 4) is 22.3 Å². The summed E-state index contributed by atoms with van der Waals surface area (Å²) in [6, 6.07) is 21.0. The van der Waals surface area contributed by atoms with Crippen LogP contribution in [-0.2, 0) is 10.2 Å². The third kappa shape index (κ3) is 3.58. The Morgan fingerprint density at radius 2 is 1.82 bits per heavy atom. The zero-order valence-corrected chi connectivity index (χ0v) is 21.5. The molecule has 1 atom stereocenters. The molecule has 0 bridgehead atoms. The van der Waals surface area contributed by atoms with Crippen molar-refractivity contribution in [2.45, 2.75) is 51.0 Å². The number of rotatable bonds is 7. The van der Waals surface area contributed by atoms with E-state index >= 15 is 0 Å². The second kappa shape index (κ2) is 8.42. The van der Waals surface area contributed by atoms with E-state index in [1.807, 2.05) is 38.2 Å². The SMILES string of the molecule is Cc1noc(C)c1-c1ccc2c(-c3ccc(C4(C(=O)O)CC4)cc3)cn([C@H](c3ccccn3)C3CC3)c2c1. The minimum atomic E-state index is -0.726. The highest BCUT2D eigenvalue weighted by molar-refractivity contribution is 5.98. The Labute approximate surface area is 220 Å². The Kier molecular flexibility index (Phi) is 5.09. The highest BCUT2D eigenvalue weighted by Crippen LogP contribution is 2.49. The van der Waals surface area contributed by atoms with Crippen LogP contribution < -0.4 is 0 Å². The van der Waals surface area contributed by atoms with Gasteiger partial charge in [-0.3, -0.25) is 9.78 Å². The summed E-state index contributed by atoms with van der Waals surface area (Å²) in [5, 5.41) is 15.1. The van der Waals surface area contributed by atoms with E-state index in [2.05, 4.69) is 58.4 Å². The van der Waals surface area contributed by atoms with Crippen LogP contribution in [0.1, 0.15) is 54.4 Å². The fourth-order valence-corrected chi connectivity index (χ4v) is 6.06. The lowest BCUT2D eigenvalue weighted by Crippen LogP contribution is -2.19. The quantitative estimate of drug-likeness (QED) is 0.256. The van der Waals surface area contributed by atoms with Crippen molar-refractivity contribution in [1.29, 1.82) is 0 Å². The number of aryl methyl sites for hydroxylation is 2. The lowest BCUT2D eigenvalue weighted by Gasteiger charge is -2.20. The van der Waals surface area contributed by atoms with Gasteiger partial charge in [0.05, 0.1) is 22.8 Å². The average molecular weight is 504 g/mol. The number of aliphatic carboxylic acids is 1. The van der Waals surface area contributed by atoms with Gasteiger partial charge in [-0.2, -0.15) is 0 Å². The van der Waals surface area contributed by atoms with Crippen molar-refractivity contribution in [2.75, 3.05) is 0 Å². The maximum Gasteiger partial charge on any atom is 0.314 e. The van der Waals surface area contributed by atoms with Crippen molar-refractivity contribution in [1.82, 2.24) is 14.7 Å². The van der Waals surface area contributed by atoms with Crippen LogP contribution in [0, 0.1) is 19.8 Å². The van der Waals surface area contributed by atoms with Gasteiger partial charge < -0.3 is 14.2 Å². The van der Waals surface area contributed by atoms with Gasteiger partial charge in [0.1, 0.15) is 5.76 Å². The Hall–Kier alpha value is -4.19. The number of carbonyl (C=O) groups is 1. The lowest BCUT2D eigenvalue weighted by atomic mass is 9.93. The van der Waals surface area contributed by atoms with Crippen molar-refractivity contribution in [3.63, 3.8) is 0 Å². The molecule has 5 aromatic rings. The highest BCUT2D eigenvalue weighted by Gasteiger charge is 2.51. The Morgan fingerprint density at radius 3 is 2.42 bits per heavy atom. The van der Waals surface area contributed by atoms with Gasteiger partial charge in [0.2, 0.25) is 0 Å². The molecule has 190 valence electrons. The predicted octanol–water partition coefficient (Wildman–Crippen LogP) is 7.09. The number of hydrogen-bond donors (Lipinski definition) is 1. The molecule has 38 heavy (non-hydrogen) atoms. The van der Waals surface area contributed by atoms with E-state index < -0.39 is 11.4 Å². The first-order chi connectivity index (χ1) is 18.5. The molecule has 2 aromatic carbocycles. The normalized spacial score (nSPS) is 17.0. The van der Waals surface area contributed by atoms with E-state index in [-0.39, 0.29) is 6.04 Å². The zero-order valence-electron chi connectivity index (χ0n) is 21.5. The molecule has 0 saturated heterocycles. The zero-order chi connectivity index (χ0) is 26.0. The van der Waals surface area contributed by atoms with E-state index in [1.54, 1.807) is 0 Å². The van der Waals surface area contributed by atoms with Crippen LogP contribution in [0.5, 0.6) is 0 Å². The molecule has 0 aliphatic heterocycles. The van der Waals surface area contributed by atoms with E-state index in [1.165, 1.54) is 12.8 Å². The third-order valence-corrected chi connectivity index (χ3v) is 8.42. The first kappa shape index (κ1) is 23.0. The van der Waals surface area contributed by atoms with Crippen LogP contribution in [0.3, 0.4) is 0 Å². The fourth-order valence-electron chi connectivity index (χ4n) is 6.06. The van der Waals surface area contributed by atoms with E-state index in [9.17, 15) is 9.90 Å². The topological polar surface area (TPSA) is 81.1 Å². The first-order valence-corrected chi connectivity index (χ1v) is 13.3. The monoisotopic (exact) mass is 503 g/mol. The van der Waals surface area contributed by atoms with Gasteiger partial charge in [-0.15, -0.1) is 0 Å². The smallest absolute Gasteiger partial charge is 0.314 e. The summed E-state index contributed by atoms with van der Waals surface area (Å²) < 4.78 is 7.89. The molecular weight excluding hydrogens is 474 g/mol. The molecule has 2 aliphatic rings. The third-order valence-electron chi connectivity index (χ3n) is 8.42. The molecule has 6 nitrogen and oxygen atoms in total. The molecule has 0 unspecified atom stereocenters. The number of pyridine rings is 1. The number of hydrogen-bond acceptors (Lipinski definition) is 4. The van der Waals surface area contributed by atoms with E-state index in [0.717, 1.165) is 55.9 Å². The molecule has 2 saturated carbocycles. The molecule has 2 aliphatic carbocycles. The average Bonchev–Trinajstić information content (AvgIpc) is 3.86. The Morgan fingerprint density at radius 1 is 1.05 bits per heavy atom. The van der Waals surface area contributed by atoms with Crippen LogP contribution in [-0.4, -0.2) is 25.8 Å². The van der Waals surface area contributed by atoms with Gasteiger partial charge in [-0.1, -0.05) is 47.6 Å². The summed E-state index contributed by atoms with van der Waals surface area (Å²) in [7, 11) is 0. The van der Waals surface area contributed by atoms with Gasteiger partial charge in [0, 0.05) is 34.4 Å². The standard InChI is InChI=1S/C32H29N3O3/c1-19-29(20(2)38-34-19)23-10-13-25-26(21-8-11-24(12-9-21)32(14-15-32)31(36)37)18-35(28(25)17-23)30(22-6-7-22)27-5-3-4-16-33-27/h3-5,8-13,16-18,22,30H,6-7,14-15H2,1-2H3,(H,36,37)/t30-/m0/s1. The number of fused-ring (bicyclic) bond motifs is 1. The Bertz CT molecular complexity index is 1650. The largest absolute Gasteiger partial charge is 0.481 e. The van der Waals surface area contributed by atoms with Gasteiger partial charge in [-0.05, 0) is 80.3 Å². The molecule has 1 N–H and O–H groups in total.